The van der Waals surface area contributed by atoms with E-state index in [1.54, 1.807) is 6.20 Å². The number of carbonyl (C=O) groups is 1. The lowest BCUT2D eigenvalue weighted by Gasteiger charge is -2.23. The Morgan fingerprint density at radius 2 is 2.00 bits per heavy atom. The van der Waals surface area contributed by atoms with Gasteiger partial charge in [-0.3, -0.25) is 4.79 Å². The number of amides is 1. The van der Waals surface area contributed by atoms with Gasteiger partial charge in [0.2, 0.25) is 0 Å². The lowest BCUT2D eigenvalue weighted by molar-refractivity contribution is 0.0747. The van der Waals surface area contributed by atoms with Crippen molar-refractivity contribution in [3.05, 3.63) is 23.9 Å². The first-order chi connectivity index (χ1) is 10.6. The first-order valence-corrected chi connectivity index (χ1v) is 8.35. The summed E-state index contributed by atoms with van der Waals surface area (Å²) < 4.78 is 0. The Morgan fingerprint density at radius 1 is 1.14 bits per heavy atom. The number of pyridine rings is 1. The Labute approximate surface area is 132 Å². The smallest absolute Gasteiger partial charge is 0.255 e. The van der Waals surface area contributed by atoms with Gasteiger partial charge in [0, 0.05) is 38.4 Å². The van der Waals surface area contributed by atoms with E-state index in [1.807, 2.05) is 17.0 Å². The van der Waals surface area contributed by atoms with Crippen LogP contribution in [0.3, 0.4) is 0 Å². The maximum absolute atomic E-state index is 12.5. The summed E-state index contributed by atoms with van der Waals surface area (Å²) in [6.07, 6.45) is 5.12. The molecule has 0 saturated carbocycles. The third kappa shape index (κ3) is 3.24. The Hall–Kier alpha value is -1.62. The summed E-state index contributed by atoms with van der Waals surface area (Å²) in [6, 6.07) is 4.29. The summed E-state index contributed by atoms with van der Waals surface area (Å²) >= 11 is 0. The minimum absolute atomic E-state index is 0.125. The molecule has 0 radical (unpaired) electrons. The second-order valence-electron chi connectivity index (χ2n) is 6.54. The van der Waals surface area contributed by atoms with Gasteiger partial charge in [0.1, 0.15) is 5.82 Å². The molecule has 1 aromatic heterocycles. The van der Waals surface area contributed by atoms with Gasteiger partial charge < -0.3 is 14.7 Å². The Bertz CT molecular complexity index is 516. The summed E-state index contributed by atoms with van der Waals surface area (Å²) in [6.45, 7) is 7.24. The summed E-state index contributed by atoms with van der Waals surface area (Å²) in [5.41, 5.74) is 0.712. The quantitative estimate of drug-likeness (QED) is 0.836. The summed E-state index contributed by atoms with van der Waals surface area (Å²) in [4.78, 5) is 23.7. The molecule has 3 rings (SSSR count). The maximum Gasteiger partial charge on any atom is 0.255 e. The number of likely N-dealkylation sites (tertiary alicyclic amines) is 1. The summed E-state index contributed by atoms with van der Waals surface area (Å²) in [5.74, 6) is 1.11. The van der Waals surface area contributed by atoms with Gasteiger partial charge in [0.05, 0.1) is 5.56 Å². The molecule has 1 unspecified atom stereocenters. The number of carbonyl (C=O) groups excluding carboxylic acids is 1. The monoisotopic (exact) mass is 302 g/mol. The first-order valence-electron chi connectivity index (χ1n) is 8.35. The molecule has 0 bridgehead atoms. The van der Waals surface area contributed by atoms with E-state index < -0.39 is 0 Å². The minimum Gasteiger partial charge on any atom is -0.355 e. The SMILES string of the molecule is CC1CCCN1C(=O)c1ccc(N2CCCN(C)CC2)nc1. The van der Waals surface area contributed by atoms with Gasteiger partial charge in [-0.15, -0.1) is 0 Å². The molecular weight excluding hydrogens is 276 g/mol. The van der Waals surface area contributed by atoms with Gasteiger partial charge >= 0.3 is 0 Å². The van der Waals surface area contributed by atoms with Crippen LogP contribution in [0.25, 0.3) is 0 Å². The molecule has 120 valence electrons. The molecule has 3 heterocycles. The van der Waals surface area contributed by atoms with Crippen LogP contribution < -0.4 is 4.90 Å². The topological polar surface area (TPSA) is 39.7 Å². The molecular formula is C17H26N4O. The number of nitrogens with zero attached hydrogens (tertiary/aromatic N) is 4. The third-order valence-corrected chi connectivity index (χ3v) is 4.85. The van der Waals surface area contributed by atoms with Gasteiger partial charge in [0.25, 0.3) is 5.91 Å². The fraction of sp³-hybridized carbons (Fsp3) is 0.647. The van der Waals surface area contributed by atoms with Crippen molar-refractivity contribution in [1.29, 1.82) is 0 Å². The lowest BCUT2D eigenvalue weighted by Crippen LogP contribution is -2.34. The Morgan fingerprint density at radius 3 is 2.68 bits per heavy atom. The van der Waals surface area contributed by atoms with Crippen LogP contribution in [-0.2, 0) is 0 Å². The molecule has 0 aliphatic carbocycles. The highest BCUT2D eigenvalue weighted by atomic mass is 16.2. The molecule has 2 fully saturated rings. The third-order valence-electron chi connectivity index (χ3n) is 4.85. The molecule has 2 saturated heterocycles. The number of hydrogen-bond acceptors (Lipinski definition) is 4. The Balaban J connectivity index is 1.68. The van der Waals surface area contributed by atoms with Crippen LogP contribution >= 0.6 is 0 Å². The van der Waals surface area contributed by atoms with E-state index in [0.29, 0.717) is 11.6 Å². The summed E-state index contributed by atoms with van der Waals surface area (Å²) in [5, 5.41) is 0. The molecule has 5 heteroatoms. The van der Waals surface area contributed by atoms with Crippen molar-refractivity contribution in [2.24, 2.45) is 0 Å². The van der Waals surface area contributed by atoms with Gasteiger partial charge in [0.15, 0.2) is 0 Å². The molecule has 2 aliphatic rings. The van der Waals surface area contributed by atoms with Gasteiger partial charge in [-0.2, -0.15) is 0 Å². The van der Waals surface area contributed by atoms with Gasteiger partial charge in [-0.1, -0.05) is 0 Å². The molecule has 2 aliphatic heterocycles. The standard InChI is InChI=1S/C17H26N4O/c1-14-5-3-10-21(14)17(22)15-6-7-16(18-13-15)20-9-4-8-19(2)11-12-20/h6-7,13-14H,3-5,8-12H2,1-2H3. The number of hydrogen-bond donors (Lipinski definition) is 0. The molecule has 0 aromatic carbocycles. The van der Waals surface area contributed by atoms with Crippen LogP contribution in [-0.4, -0.2) is 66.5 Å². The first kappa shape index (κ1) is 15.3. The molecule has 1 aromatic rings. The molecule has 1 amide bonds. The van der Waals surface area contributed by atoms with Crippen LogP contribution in [0.15, 0.2) is 18.3 Å². The Kier molecular flexibility index (Phi) is 4.62. The number of aromatic nitrogens is 1. The van der Waals surface area contributed by atoms with E-state index in [2.05, 4.69) is 28.8 Å². The maximum atomic E-state index is 12.5. The number of anilines is 1. The second kappa shape index (κ2) is 6.65. The van der Waals surface area contributed by atoms with Crippen molar-refractivity contribution in [3.8, 4) is 0 Å². The van der Waals surface area contributed by atoms with Crippen molar-refractivity contribution in [1.82, 2.24) is 14.8 Å². The van der Waals surface area contributed by atoms with E-state index in [0.717, 1.165) is 57.8 Å². The predicted octanol–water partition coefficient (Wildman–Crippen LogP) is 1.85. The van der Waals surface area contributed by atoms with E-state index >= 15 is 0 Å². The van der Waals surface area contributed by atoms with Crippen LogP contribution in [0, 0.1) is 0 Å². The number of likely N-dealkylation sites (N-methyl/N-ethyl adjacent to an activating group) is 1. The van der Waals surface area contributed by atoms with Crippen molar-refractivity contribution in [2.45, 2.75) is 32.2 Å². The molecule has 22 heavy (non-hydrogen) atoms. The highest BCUT2D eigenvalue weighted by Crippen LogP contribution is 2.20. The van der Waals surface area contributed by atoms with E-state index in [4.69, 9.17) is 0 Å². The normalized spacial score (nSPS) is 23.6. The fourth-order valence-corrected chi connectivity index (χ4v) is 3.38. The fourth-order valence-electron chi connectivity index (χ4n) is 3.38. The summed E-state index contributed by atoms with van der Waals surface area (Å²) in [7, 11) is 2.16. The van der Waals surface area contributed by atoms with Crippen molar-refractivity contribution in [3.63, 3.8) is 0 Å². The average molecular weight is 302 g/mol. The van der Waals surface area contributed by atoms with Crippen LogP contribution in [0.2, 0.25) is 0 Å². The average Bonchev–Trinajstić information content (AvgIpc) is 2.84. The zero-order valence-electron chi connectivity index (χ0n) is 13.7. The molecule has 5 nitrogen and oxygen atoms in total. The number of rotatable bonds is 2. The van der Waals surface area contributed by atoms with Crippen LogP contribution in [0.5, 0.6) is 0 Å². The molecule has 1 atom stereocenters. The van der Waals surface area contributed by atoms with Crippen molar-refractivity contribution < 1.29 is 4.79 Å². The largest absolute Gasteiger partial charge is 0.355 e. The van der Waals surface area contributed by atoms with E-state index in [1.165, 1.54) is 0 Å². The molecule has 0 N–H and O–H groups in total. The predicted molar refractivity (Wildman–Crippen MR) is 88.3 cm³/mol. The van der Waals surface area contributed by atoms with Crippen LogP contribution in [0.4, 0.5) is 5.82 Å². The van der Waals surface area contributed by atoms with Crippen molar-refractivity contribution >= 4 is 11.7 Å². The van der Waals surface area contributed by atoms with E-state index in [-0.39, 0.29) is 5.91 Å². The zero-order valence-corrected chi connectivity index (χ0v) is 13.7. The molecule has 0 spiro atoms. The van der Waals surface area contributed by atoms with Gasteiger partial charge in [-0.05, 0) is 51.9 Å². The highest BCUT2D eigenvalue weighted by molar-refractivity contribution is 5.94. The lowest BCUT2D eigenvalue weighted by atomic mass is 10.2. The van der Waals surface area contributed by atoms with E-state index in [9.17, 15) is 4.79 Å². The highest BCUT2D eigenvalue weighted by Gasteiger charge is 2.26. The van der Waals surface area contributed by atoms with Gasteiger partial charge in [-0.25, -0.2) is 4.98 Å². The van der Waals surface area contributed by atoms with Crippen LogP contribution in [0.1, 0.15) is 36.5 Å². The zero-order chi connectivity index (χ0) is 15.5. The minimum atomic E-state index is 0.125. The van der Waals surface area contributed by atoms with Crippen molar-refractivity contribution in [2.75, 3.05) is 44.7 Å². The second-order valence-corrected chi connectivity index (χ2v) is 6.54.